The van der Waals surface area contributed by atoms with Crippen LogP contribution >= 0.6 is 11.3 Å². The van der Waals surface area contributed by atoms with E-state index in [0.717, 1.165) is 10.7 Å². The Balaban J connectivity index is 2.23. The first-order valence-corrected chi connectivity index (χ1v) is 7.09. The van der Waals surface area contributed by atoms with Crippen LogP contribution in [0.25, 0.3) is 0 Å². The van der Waals surface area contributed by atoms with Crippen molar-refractivity contribution in [3.8, 4) is 0 Å². The quantitative estimate of drug-likeness (QED) is 0.701. The SMILES string of the molecule is CNS(=O)(=O)CCNCc1csc(C)n1. The van der Waals surface area contributed by atoms with Gasteiger partial charge in [0.25, 0.3) is 0 Å². The third-order valence-electron chi connectivity index (χ3n) is 1.83. The van der Waals surface area contributed by atoms with Crippen LogP contribution in [0.2, 0.25) is 0 Å². The minimum Gasteiger partial charge on any atom is -0.310 e. The van der Waals surface area contributed by atoms with E-state index in [0.29, 0.717) is 13.1 Å². The second-order valence-electron chi connectivity index (χ2n) is 3.06. The Morgan fingerprint density at radius 2 is 2.27 bits per heavy atom. The van der Waals surface area contributed by atoms with E-state index < -0.39 is 10.0 Å². The molecule has 0 aromatic carbocycles. The molecule has 5 nitrogen and oxygen atoms in total. The second-order valence-corrected chi connectivity index (χ2v) is 6.17. The van der Waals surface area contributed by atoms with E-state index in [9.17, 15) is 8.42 Å². The third-order valence-corrected chi connectivity index (χ3v) is 4.02. The van der Waals surface area contributed by atoms with E-state index >= 15 is 0 Å². The molecule has 86 valence electrons. The third kappa shape index (κ3) is 4.70. The first kappa shape index (κ1) is 12.6. The highest BCUT2D eigenvalue weighted by Gasteiger charge is 2.05. The molecule has 7 heteroatoms. The van der Waals surface area contributed by atoms with Crippen molar-refractivity contribution >= 4 is 21.4 Å². The monoisotopic (exact) mass is 249 g/mol. The van der Waals surface area contributed by atoms with Crippen molar-refractivity contribution in [3.63, 3.8) is 0 Å². The number of aromatic nitrogens is 1. The summed E-state index contributed by atoms with van der Waals surface area (Å²) in [6.45, 7) is 2.99. The van der Waals surface area contributed by atoms with Crippen LogP contribution in [-0.4, -0.2) is 32.7 Å². The molecule has 0 spiro atoms. The zero-order valence-corrected chi connectivity index (χ0v) is 10.4. The van der Waals surface area contributed by atoms with Crippen molar-refractivity contribution in [3.05, 3.63) is 16.1 Å². The molecular formula is C8H15N3O2S2. The lowest BCUT2D eigenvalue weighted by atomic mass is 10.5. The highest BCUT2D eigenvalue weighted by atomic mass is 32.2. The summed E-state index contributed by atoms with van der Waals surface area (Å²) in [5.74, 6) is 0.0899. The summed E-state index contributed by atoms with van der Waals surface area (Å²) >= 11 is 1.59. The maximum absolute atomic E-state index is 11.1. The van der Waals surface area contributed by atoms with Crippen molar-refractivity contribution in [1.29, 1.82) is 0 Å². The molecule has 0 amide bonds. The van der Waals surface area contributed by atoms with Gasteiger partial charge in [0, 0.05) is 18.5 Å². The van der Waals surface area contributed by atoms with Crippen LogP contribution in [0.5, 0.6) is 0 Å². The van der Waals surface area contributed by atoms with E-state index in [4.69, 9.17) is 0 Å². The number of sulfonamides is 1. The second kappa shape index (κ2) is 5.55. The summed E-state index contributed by atoms with van der Waals surface area (Å²) in [4.78, 5) is 4.26. The van der Waals surface area contributed by atoms with Gasteiger partial charge in [-0.05, 0) is 14.0 Å². The van der Waals surface area contributed by atoms with Crippen LogP contribution in [0.3, 0.4) is 0 Å². The average molecular weight is 249 g/mol. The van der Waals surface area contributed by atoms with Gasteiger partial charge in [-0.15, -0.1) is 11.3 Å². The number of aryl methyl sites for hydroxylation is 1. The Morgan fingerprint density at radius 3 is 2.80 bits per heavy atom. The molecule has 1 heterocycles. The Kier molecular flexibility index (Phi) is 4.65. The molecule has 1 aromatic heterocycles. The van der Waals surface area contributed by atoms with Gasteiger partial charge in [-0.3, -0.25) is 0 Å². The zero-order valence-electron chi connectivity index (χ0n) is 8.78. The maximum atomic E-state index is 11.1. The summed E-state index contributed by atoms with van der Waals surface area (Å²) in [5, 5.41) is 6.02. The van der Waals surface area contributed by atoms with Crippen molar-refractivity contribution in [2.45, 2.75) is 13.5 Å². The van der Waals surface area contributed by atoms with E-state index in [-0.39, 0.29) is 5.75 Å². The van der Waals surface area contributed by atoms with Crippen molar-refractivity contribution in [1.82, 2.24) is 15.0 Å². The van der Waals surface area contributed by atoms with Gasteiger partial charge >= 0.3 is 0 Å². The molecule has 0 atom stereocenters. The van der Waals surface area contributed by atoms with Crippen LogP contribution < -0.4 is 10.0 Å². The molecule has 0 saturated heterocycles. The first-order chi connectivity index (χ1) is 7.03. The summed E-state index contributed by atoms with van der Waals surface area (Å²) in [7, 11) is -1.68. The van der Waals surface area contributed by atoms with E-state index in [2.05, 4.69) is 15.0 Å². The van der Waals surface area contributed by atoms with Crippen molar-refractivity contribution in [2.75, 3.05) is 19.3 Å². The predicted molar refractivity (Wildman–Crippen MR) is 61.4 cm³/mol. The standard InChI is InChI=1S/C8H15N3O2S2/c1-7-11-8(6-14-7)5-10-3-4-15(12,13)9-2/h6,9-10H,3-5H2,1-2H3. The van der Waals surface area contributed by atoms with Gasteiger partial charge < -0.3 is 5.32 Å². The summed E-state index contributed by atoms with van der Waals surface area (Å²) in [6.07, 6.45) is 0. The van der Waals surface area contributed by atoms with Crippen LogP contribution in [0, 0.1) is 6.92 Å². The van der Waals surface area contributed by atoms with Crippen LogP contribution in [-0.2, 0) is 16.6 Å². The predicted octanol–water partition coefficient (Wildman–Crippen LogP) is 0.0903. The molecule has 0 saturated carbocycles. The number of rotatable bonds is 6. The van der Waals surface area contributed by atoms with Crippen LogP contribution in [0.1, 0.15) is 10.7 Å². The van der Waals surface area contributed by atoms with E-state index in [1.165, 1.54) is 7.05 Å². The highest BCUT2D eigenvalue weighted by Crippen LogP contribution is 2.06. The minimum absolute atomic E-state index is 0.0899. The fourth-order valence-electron chi connectivity index (χ4n) is 1.01. The molecule has 0 aliphatic heterocycles. The smallest absolute Gasteiger partial charge is 0.212 e. The summed E-state index contributed by atoms with van der Waals surface area (Å²) < 4.78 is 24.4. The lowest BCUT2D eigenvalue weighted by Crippen LogP contribution is -2.29. The number of hydrogen-bond acceptors (Lipinski definition) is 5. The number of hydrogen-bond donors (Lipinski definition) is 2. The lowest BCUT2D eigenvalue weighted by Gasteiger charge is -2.03. The molecule has 0 aliphatic carbocycles. The summed E-state index contributed by atoms with van der Waals surface area (Å²) in [5.41, 5.74) is 0.958. The van der Waals surface area contributed by atoms with Gasteiger partial charge in [0.2, 0.25) is 10.0 Å². The van der Waals surface area contributed by atoms with Crippen LogP contribution in [0.15, 0.2) is 5.38 Å². The van der Waals surface area contributed by atoms with Gasteiger partial charge in [-0.1, -0.05) is 0 Å². The van der Waals surface area contributed by atoms with Crippen LogP contribution in [0.4, 0.5) is 0 Å². The Hall–Kier alpha value is -0.500. The van der Waals surface area contributed by atoms with E-state index in [1.807, 2.05) is 12.3 Å². The first-order valence-electron chi connectivity index (χ1n) is 4.56. The topological polar surface area (TPSA) is 71.1 Å². The van der Waals surface area contributed by atoms with Gasteiger partial charge in [0.05, 0.1) is 16.5 Å². The number of nitrogens with zero attached hydrogens (tertiary/aromatic N) is 1. The average Bonchev–Trinajstić information content (AvgIpc) is 2.59. The minimum atomic E-state index is -3.10. The molecule has 0 radical (unpaired) electrons. The number of thiazole rings is 1. The molecule has 1 rings (SSSR count). The zero-order chi connectivity index (χ0) is 11.3. The lowest BCUT2D eigenvalue weighted by molar-refractivity contribution is 0.582. The van der Waals surface area contributed by atoms with Crippen molar-refractivity contribution < 1.29 is 8.42 Å². The molecule has 0 fully saturated rings. The fourth-order valence-corrected chi connectivity index (χ4v) is 2.24. The molecule has 0 unspecified atom stereocenters. The fraction of sp³-hybridized carbons (Fsp3) is 0.625. The Labute approximate surface area is 94.0 Å². The normalized spacial score (nSPS) is 11.9. The molecular weight excluding hydrogens is 234 g/mol. The highest BCUT2D eigenvalue weighted by molar-refractivity contribution is 7.89. The molecule has 0 bridgehead atoms. The van der Waals surface area contributed by atoms with Gasteiger partial charge in [0.1, 0.15) is 0 Å². The maximum Gasteiger partial charge on any atom is 0.212 e. The summed E-state index contributed by atoms with van der Waals surface area (Å²) in [6, 6.07) is 0. The molecule has 1 aromatic rings. The van der Waals surface area contributed by atoms with E-state index in [1.54, 1.807) is 11.3 Å². The van der Waals surface area contributed by atoms with Gasteiger partial charge in [-0.2, -0.15) is 0 Å². The molecule has 0 aliphatic rings. The van der Waals surface area contributed by atoms with Gasteiger partial charge in [-0.25, -0.2) is 18.1 Å². The van der Waals surface area contributed by atoms with Crippen molar-refractivity contribution in [2.24, 2.45) is 0 Å². The van der Waals surface area contributed by atoms with Gasteiger partial charge in [0.15, 0.2) is 0 Å². The molecule has 2 N–H and O–H groups in total. The number of nitrogens with one attached hydrogen (secondary N) is 2. The molecule has 15 heavy (non-hydrogen) atoms. The Morgan fingerprint density at radius 1 is 1.53 bits per heavy atom. The Bertz CT molecular complexity index is 400. The largest absolute Gasteiger partial charge is 0.310 e.